The molecule has 0 bridgehead atoms. The number of aliphatic hydroxyl groups is 1. The molecule has 106 valence electrons. The Morgan fingerprint density at radius 2 is 1.85 bits per heavy atom. The van der Waals surface area contributed by atoms with E-state index in [1.807, 2.05) is 36.4 Å². The van der Waals surface area contributed by atoms with E-state index in [2.05, 4.69) is 31.3 Å². The molecule has 2 rings (SSSR count). The molecule has 0 aromatic heterocycles. The van der Waals surface area contributed by atoms with Crippen LogP contribution in [0.25, 0.3) is 0 Å². The first-order chi connectivity index (χ1) is 9.59. The average Bonchev–Trinajstić information content (AvgIpc) is 2.47. The third-order valence-corrected chi connectivity index (χ3v) is 3.92. The van der Waals surface area contributed by atoms with Crippen molar-refractivity contribution >= 4 is 17.3 Å². The Morgan fingerprint density at radius 3 is 2.40 bits per heavy atom. The fourth-order valence-corrected chi connectivity index (χ4v) is 2.50. The van der Waals surface area contributed by atoms with E-state index in [0.717, 1.165) is 17.7 Å². The number of benzene rings is 2. The minimum absolute atomic E-state index is 0.0116. The predicted molar refractivity (Wildman–Crippen MR) is 85.3 cm³/mol. The minimum Gasteiger partial charge on any atom is -0.394 e. The summed E-state index contributed by atoms with van der Waals surface area (Å²) in [5, 5.41) is 14.1. The minimum atomic E-state index is -0.514. The maximum atomic E-state index is 9.93. The molecule has 0 heterocycles. The van der Waals surface area contributed by atoms with Gasteiger partial charge in [-0.3, -0.25) is 0 Å². The van der Waals surface area contributed by atoms with Crippen molar-refractivity contribution < 1.29 is 5.11 Å². The molecule has 2 aromatic carbocycles. The highest BCUT2D eigenvalue weighted by Crippen LogP contribution is 2.31. The van der Waals surface area contributed by atoms with E-state index >= 15 is 0 Å². The Kier molecular flexibility index (Phi) is 4.69. The summed E-state index contributed by atoms with van der Waals surface area (Å²) in [6.07, 6.45) is 0.762. The van der Waals surface area contributed by atoms with Crippen molar-refractivity contribution in [3.63, 3.8) is 0 Å². The van der Waals surface area contributed by atoms with Gasteiger partial charge in [-0.15, -0.1) is 0 Å². The lowest BCUT2D eigenvalue weighted by Crippen LogP contribution is -2.38. The lowest BCUT2D eigenvalue weighted by molar-refractivity contribution is 0.207. The number of hydrogen-bond acceptors (Lipinski definition) is 2. The second-order valence-corrected chi connectivity index (χ2v) is 5.53. The summed E-state index contributed by atoms with van der Waals surface area (Å²) in [4.78, 5) is 0. The Hall–Kier alpha value is -1.51. The number of aryl methyl sites for hydroxylation is 1. The van der Waals surface area contributed by atoms with Gasteiger partial charge in [0.2, 0.25) is 0 Å². The van der Waals surface area contributed by atoms with Crippen molar-refractivity contribution in [1.82, 2.24) is 0 Å². The van der Waals surface area contributed by atoms with E-state index < -0.39 is 5.54 Å². The van der Waals surface area contributed by atoms with Crippen molar-refractivity contribution in [3.8, 4) is 0 Å². The highest BCUT2D eigenvalue weighted by molar-refractivity contribution is 6.30. The molecule has 0 aliphatic carbocycles. The summed E-state index contributed by atoms with van der Waals surface area (Å²) in [6.45, 7) is 4.12. The second-order valence-electron chi connectivity index (χ2n) is 5.10. The van der Waals surface area contributed by atoms with Crippen LogP contribution in [-0.2, 0) is 5.54 Å². The quantitative estimate of drug-likeness (QED) is 0.857. The fourth-order valence-electron chi connectivity index (χ4n) is 2.31. The molecule has 0 aliphatic heterocycles. The van der Waals surface area contributed by atoms with E-state index in [4.69, 9.17) is 11.6 Å². The van der Waals surface area contributed by atoms with Crippen LogP contribution < -0.4 is 5.32 Å². The molecule has 0 radical (unpaired) electrons. The molecule has 0 saturated heterocycles. The number of rotatable bonds is 5. The monoisotopic (exact) mass is 289 g/mol. The molecule has 1 unspecified atom stereocenters. The Labute approximate surface area is 125 Å². The molecule has 2 aromatic rings. The van der Waals surface area contributed by atoms with Gasteiger partial charge in [-0.25, -0.2) is 0 Å². The molecule has 0 aliphatic rings. The van der Waals surface area contributed by atoms with Gasteiger partial charge in [0.25, 0.3) is 0 Å². The van der Waals surface area contributed by atoms with Gasteiger partial charge in [-0.05, 0) is 43.2 Å². The lowest BCUT2D eigenvalue weighted by atomic mass is 9.87. The Morgan fingerprint density at radius 1 is 1.15 bits per heavy atom. The van der Waals surface area contributed by atoms with E-state index in [-0.39, 0.29) is 6.61 Å². The van der Waals surface area contributed by atoms with Gasteiger partial charge in [0.05, 0.1) is 12.1 Å². The molecule has 2 nitrogen and oxygen atoms in total. The standard InChI is InChI=1S/C17H20ClNO/c1-3-17(12-20,14-5-4-6-15(18)11-14)19-16-9-7-13(2)8-10-16/h4-11,19-20H,3,12H2,1-2H3. The lowest BCUT2D eigenvalue weighted by Gasteiger charge is -2.34. The van der Waals surface area contributed by atoms with Crippen LogP contribution in [0.1, 0.15) is 24.5 Å². The van der Waals surface area contributed by atoms with Crippen molar-refractivity contribution in [2.45, 2.75) is 25.8 Å². The molecule has 20 heavy (non-hydrogen) atoms. The number of anilines is 1. The summed E-state index contributed by atoms with van der Waals surface area (Å²) in [5.41, 5.74) is 2.69. The van der Waals surface area contributed by atoms with E-state index in [1.54, 1.807) is 0 Å². The van der Waals surface area contributed by atoms with Crippen LogP contribution in [0.15, 0.2) is 48.5 Å². The third kappa shape index (κ3) is 3.14. The number of nitrogens with one attached hydrogen (secondary N) is 1. The summed E-state index contributed by atoms with van der Waals surface area (Å²) < 4.78 is 0. The van der Waals surface area contributed by atoms with Crippen molar-refractivity contribution in [3.05, 3.63) is 64.7 Å². The van der Waals surface area contributed by atoms with Crippen molar-refractivity contribution in [2.24, 2.45) is 0 Å². The number of hydrogen-bond donors (Lipinski definition) is 2. The number of halogens is 1. The van der Waals surface area contributed by atoms with Crippen LogP contribution in [0.5, 0.6) is 0 Å². The van der Waals surface area contributed by atoms with Gasteiger partial charge in [0.1, 0.15) is 0 Å². The molecule has 0 saturated carbocycles. The van der Waals surface area contributed by atoms with Crippen LogP contribution in [0.3, 0.4) is 0 Å². The van der Waals surface area contributed by atoms with Gasteiger partial charge in [-0.1, -0.05) is 48.4 Å². The molecule has 0 fully saturated rings. The van der Waals surface area contributed by atoms with Gasteiger partial charge in [-0.2, -0.15) is 0 Å². The highest BCUT2D eigenvalue weighted by Gasteiger charge is 2.29. The van der Waals surface area contributed by atoms with E-state index in [9.17, 15) is 5.11 Å². The average molecular weight is 290 g/mol. The predicted octanol–water partition coefficient (Wildman–Crippen LogP) is 4.36. The highest BCUT2D eigenvalue weighted by atomic mass is 35.5. The van der Waals surface area contributed by atoms with E-state index in [1.165, 1.54) is 5.56 Å². The zero-order valence-corrected chi connectivity index (χ0v) is 12.6. The summed E-state index contributed by atoms with van der Waals surface area (Å²) in [5.74, 6) is 0. The van der Waals surface area contributed by atoms with E-state index in [0.29, 0.717) is 5.02 Å². The van der Waals surface area contributed by atoms with Crippen LogP contribution in [0.2, 0.25) is 5.02 Å². The topological polar surface area (TPSA) is 32.3 Å². The van der Waals surface area contributed by atoms with Gasteiger partial charge in [0, 0.05) is 10.7 Å². The van der Waals surface area contributed by atoms with Crippen LogP contribution in [0.4, 0.5) is 5.69 Å². The molecular formula is C17H20ClNO. The van der Waals surface area contributed by atoms with Crippen molar-refractivity contribution in [2.75, 3.05) is 11.9 Å². The first-order valence-corrected chi connectivity index (χ1v) is 7.19. The van der Waals surface area contributed by atoms with Crippen LogP contribution >= 0.6 is 11.6 Å². The second kappa shape index (κ2) is 6.29. The van der Waals surface area contributed by atoms with Gasteiger partial charge in [0.15, 0.2) is 0 Å². The van der Waals surface area contributed by atoms with Gasteiger partial charge >= 0.3 is 0 Å². The summed E-state index contributed by atoms with van der Waals surface area (Å²) in [7, 11) is 0. The molecule has 3 heteroatoms. The summed E-state index contributed by atoms with van der Waals surface area (Å²) >= 11 is 6.08. The van der Waals surface area contributed by atoms with Crippen LogP contribution in [-0.4, -0.2) is 11.7 Å². The summed E-state index contributed by atoms with van der Waals surface area (Å²) in [6, 6.07) is 15.8. The van der Waals surface area contributed by atoms with Crippen LogP contribution in [0, 0.1) is 6.92 Å². The normalized spacial score (nSPS) is 13.8. The zero-order valence-electron chi connectivity index (χ0n) is 11.9. The molecule has 0 amide bonds. The zero-order chi connectivity index (χ0) is 14.6. The Bertz CT molecular complexity index is 561. The molecular weight excluding hydrogens is 270 g/mol. The largest absolute Gasteiger partial charge is 0.394 e. The first kappa shape index (κ1) is 14.9. The molecule has 1 atom stereocenters. The SMILES string of the molecule is CCC(CO)(Nc1ccc(C)cc1)c1cccc(Cl)c1. The van der Waals surface area contributed by atoms with Crippen molar-refractivity contribution in [1.29, 1.82) is 0 Å². The third-order valence-electron chi connectivity index (χ3n) is 3.69. The first-order valence-electron chi connectivity index (χ1n) is 6.81. The fraction of sp³-hybridized carbons (Fsp3) is 0.294. The smallest absolute Gasteiger partial charge is 0.0854 e. The Balaban J connectivity index is 2.36. The molecule has 2 N–H and O–H groups in total. The number of aliphatic hydroxyl groups excluding tert-OH is 1. The van der Waals surface area contributed by atoms with Gasteiger partial charge < -0.3 is 10.4 Å². The maximum Gasteiger partial charge on any atom is 0.0854 e. The molecule has 0 spiro atoms. The maximum absolute atomic E-state index is 9.93.